The summed E-state index contributed by atoms with van der Waals surface area (Å²) in [6, 6.07) is 4.08. The fourth-order valence-electron chi connectivity index (χ4n) is 4.42. The van der Waals surface area contributed by atoms with Gasteiger partial charge in [0.05, 0.1) is 18.8 Å². The summed E-state index contributed by atoms with van der Waals surface area (Å²) in [6.07, 6.45) is 6.61. The molecule has 0 bridgehead atoms. The number of hydrogen-bond acceptors (Lipinski definition) is 3. The van der Waals surface area contributed by atoms with Gasteiger partial charge in [-0.15, -0.1) is 24.0 Å². The fraction of sp³-hybridized carbons (Fsp3) is 0.682. The van der Waals surface area contributed by atoms with E-state index in [1.54, 1.807) is 7.05 Å². The van der Waals surface area contributed by atoms with Crippen molar-refractivity contribution in [2.75, 3.05) is 33.4 Å². The number of piperidine rings is 1. The number of benzene rings is 1. The Bertz CT molecular complexity index is 702. The molecule has 3 fully saturated rings. The second-order valence-electron chi connectivity index (χ2n) is 8.28. The van der Waals surface area contributed by atoms with E-state index < -0.39 is 11.6 Å². The van der Waals surface area contributed by atoms with Crippen LogP contribution in [0.15, 0.2) is 23.2 Å². The van der Waals surface area contributed by atoms with Crippen molar-refractivity contribution in [3.05, 3.63) is 35.4 Å². The van der Waals surface area contributed by atoms with E-state index >= 15 is 0 Å². The first-order valence-electron chi connectivity index (χ1n) is 10.8. The van der Waals surface area contributed by atoms with Gasteiger partial charge in [0.1, 0.15) is 11.6 Å². The number of rotatable bonds is 5. The molecule has 0 spiro atoms. The fourth-order valence-corrected chi connectivity index (χ4v) is 4.42. The number of aliphatic imine (C=N–C) groups is 1. The molecule has 1 aromatic carbocycles. The lowest BCUT2D eigenvalue weighted by atomic mass is 10.1. The van der Waals surface area contributed by atoms with E-state index in [9.17, 15) is 8.78 Å². The van der Waals surface area contributed by atoms with E-state index in [0.717, 1.165) is 57.8 Å². The van der Waals surface area contributed by atoms with Gasteiger partial charge in [0.15, 0.2) is 5.96 Å². The first kappa shape index (κ1) is 23.7. The molecule has 0 amide bonds. The standard InChI is InChI=1S/C22H31F2N3O2.HI/c1-25-22(26-20-13-17(20)21-18(23)6-4-7-19(21)24)27-10-8-15(9-11-27)29-14-16-5-2-3-12-28-16;/h4,6-7,15-17,20H,2-3,5,8-14H2,1H3,(H,25,26);1H. The molecular weight excluding hydrogens is 503 g/mol. The van der Waals surface area contributed by atoms with Crippen LogP contribution < -0.4 is 5.32 Å². The Hall–Kier alpha value is -1.00. The first-order valence-corrected chi connectivity index (χ1v) is 10.8. The molecule has 2 aliphatic heterocycles. The predicted octanol–water partition coefficient (Wildman–Crippen LogP) is 4.06. The second-order valence-corrected chi connectivity index (χ2v) is 8.28. The third-order valence-electron chi connectivity index (χ3n) is 6.22. The molecular formula is C22H32F2IN3O2. The summed E-state index contributed by atoms with van der Waals surface area (Å²) in [7, 11) is 1.76. The highest BCUT2D eigenvalue weighted by atomic mass is 127. The Morgan fingerprint density at radius 1 is 1.20 bits per heavy atom. The summed E-state index contributed by atoms with van der Waals surface area (Å²) < 4.78 is 39.8. The Balaban J connectivity index is 0.00000256. The maximum absolute atomic E-state index is 14.0. The Labute approximate surface area is 194 Å². The number of nitrogens with one attached hydrogen (secondary N) is 1. The minimum atomic E-state index is -0.464. The van der Waals surface area contributed by atoms with Crippen LogP contribution in [0.2, 0.25) is 0 Å². The van der Waals surface area contributed by atoms with Crippen molar-refractivity contribution in [3.8, 4) is 0 Å². The lowest BCUT2D eigenvalue weighted by Crippen LogP contribution is -2.48. The predicted molar refractivity (Wildman–Crippen MR) is 124 cm³/mol. The van der Waals surface area contributed by atoms with Crippen LogP contribution in [0.3, 0.4) is 0 Å². The molecule has 4 rings (SSSR count). The Morgan fingerprint density at radius 3 is 2.57 bits per heavy atom. The highest BCUT2D eigenvalue weighted by Crippen LogP contribution is 2.43. The molecule has 8 heteroatoms. The summed E-state index contributed by atoms with van der Waals surface area (Å²) in [5, 5.41) is 3.39. The molecule has 1 aliphatic carbocycles. The van der Waals surface area contributed by atoms with Crippen LogP contribution in [0.5, 0.6) is 0 Å². The average Bonchev–Trinajstić information content (AvgIpc) is 3.50. The van der Waals surface area contributed by atoms with Crippen molar-refractivity contribution in [3.63, 3.8) is 0 Å². The van der Waals surface area contributed by atoms with Gasteiger partial charge in [-0.05, 0) is 50.7 Å². The zero-order valence-electron chi connectivity index (χ0n) is 17.5. The lowest BCUT2D eigenvalue weighted by molar-refractivity contribution is -0.0721. The number of halogens is 3. The van der Waals surface area contributed by atoms with Gasteiger partial charge in [-0.3, -0.25) is 4.99 Å². The minimum Gasteiger partial charge on any atom is -0.376 e. The zero-order chi connectivity index (χ0) is 20.2. The van der Waals surface area contributed by atoms with Gasteiger partial charge >= 0.3 is 0 Å². The van der Waals surface area contributed by atoms with Crippen LogP contribution in [-0.4, -0.2) is 62.5 Å². The van der Waals surface area contributed by atoms with Crippen LogP contribution in [0.4, 0.5) is 8.78 Å². The highest BCUT2D eigenvalue weighted by Gasteiger charge is 2.43. The SMILES string of the molecule is CN=C(NC1CC1c1c(F)cccc1F)N1CCC(OCC2CCCCO2)CC1.I. The third kappa shape index (κ3) is 5.82. The van der Waals surface area contributed by atoms with Crippen molar-refractivity contribution in [2.45, 2.75) is 62.7 Å². The van der Waals surface area contributed by atoms with E-state index in [2.05, 4.69) is 15.2 Å². The van der Waals surface area contributed by atoms with Gasteiger partial charge in [-0.2, -0.15) is 0 Å². The molecule has 1 aromatic rings. The minimum absolute atomic E-state index is 0. The molecule has 3 aliphatic rings. The maximum Gasteiger partial charge on any atom is 0.193 e. The van der Waals surface area contributed by atoms with Gasteiger partial charge in [0, 0.05) is 44.3 Å². The van der Waals surface area contributed by atoms with E-state index in [0.29, 0.717) is 6.61 Å². The molecule has 3 unspecified atom stereocenters. The molecule has 1 saturated carbocycles. The Kier molecular flexibility index (Phi) is 8.71. The number of ether oxygens (including phenoxy) is 2. The van der Waals surface area contributed by atoms with Gasteiger partial charge in [-0.25, -0.2) is 8.78 Å². The normalized spacial score (nSPS) is 27.5. The molecule has 1 N–H and O–H groups in total. The second kappa shape index (κ2) is 11.0. The highest BCUT2D eigenvalue weighted by molar-refractivity contribution is 14.0. The van der Waals surface area contributed by atoms with Crippen LogP contribution in [0, 0.1) is 11.6 Å². The van der Waals surface area contributed by atoms with Gasteiger partial charge < -0.3 is 19.7 Å². The zero-order valence-corrected chi connectivity index (χ0v) is 19.8. The molecule has 3 atom stereocenters. The van der Waals surface area contributed by atoms with Crippen LogP contribution in [-0.2, 0) is 9.47 Å². The lowest BCUT2D eigenvalue weighted by Gasteiger charge is -2.35. The van der Waals surface area contributed by atoms with E-state index in [-0.39, 0.29) is 53.7 Å². The van der Waals surface area contributed by atoms with E-state index in [1.807, 2.05) is 0 Å². The molecule has 168 valence electrons. The largest absolute Gasteiger partial charge is 0.376 e. The van der Waals surface area contributed by atoms with Crippen molar-refractivity contribution in [2.24, 2.45) is 4.99 Å². The molecule has 0 aromatic heterocycles. The summed E-state index contributed by atoms with van der Waals surface area (Å²) in [6.45, 7) is 3.27. The van der Waals surface area contributed by atoms with Gasteiger partial charge in [0.25, 0.3) is 0 Å². The first-order chi connectivity index (χ1) is 14.2. The summed E-state index contributed by atoms with van der Waals surface area (Å²) >= 11 is 0. The van der Waals surface area contributed by atoms with Crippen molar-refractivity contribution in [1.82, 2.24) is 10.2 Å². The van der Waals surface area contributed by atoms with Crippen molar-refractivity contribution < 1.29 is 18.3 Å². The summed E-state index contributed by atoms with van der Waals surface area (Å²) in [4.78, 5) is 6.60. The molecule has 0 radical (unpaired) electrons. The number of guanidine groups is 1. The van der Waals surface area contributed by atoms with E-state index in [1.165, 1.54) is 24.6 Å². The van der Waals surface area contributed by atoms with Crippen LogP contribution >= 0.6 is 24.0 Å². The van der Waals surface area contributed by atoms with E-state index in [4.69, 9.17) is 9.47 Å². The smallest absolute Gasteiger partial charge is 0.193 e. The molecule has 2 heterocycles. The number of hydrogen-bond donors (Lipinski definition) is 1. The maximum atomic E-state index is 14.0. The number of likely N-dealkylation sites (tertiary alicyclic amines) is 1. The molecule has 5 nitrogen and oxygen atoms in total. The average molecular weight is 535 g/mol. The quantitative estimate of drug-likeness (QED) is 0.351. The summed E-state index contributed by atoms with van der Waals surface area (Å²) in [5.41, 5.74) is 0.192. The Morgan fingerprint density at radius 2 is 1.93 bits per heavy atom. The van der Waals surface area contributed by atoms with Crippen LogP contribution in [0.1, 0.15) is 50.0 Å². The third-order valence-corrected chi connectivity index (χ3v) is 6.22. The molecule has 30 heavy (non-hydrogen) atoms. The van der Waals surface area contributed by atoms with Crippen molar-refractivity contribution >= 4 is 29.9 Å². The number of nitrogens with zero attached hydrogens (tertiary/aromatic N) is 2. The van der Waals surface area contributed by atoms with Crippen LogP contribution in [0.25, 0.3) is 0 Å². The molecule has 2 saturated heterocycles. The summed E-state index contributed by atoms with van der Waals surface area (Å²) in [5.74, 6) is -0.254. The van der Waals surface area contributed by atoms with Gasteiger partial charge in [-0.1, -0.05) is 6.07 Å². The monoisotopic (exact) mass is 535 g/mol. The van der Waals surface area contributed by atoms with Crippen molar-refractivity contribution in [1.29, 1.82) is 0 Å². The van der Waals surface area contributed by atoms with Gasteiger partial charge in [0.2, 0.25) is 0 Å². The topological polar surface area (TPSA) is 46.1 Å².